The van der Waals surface area contributed by atoms with Gasteiger partial charge >= 0.3 is 0 Å². The predicted octanol–water partition coefficient (Wildman–Crippen LogP) is 1.87. The van der Waals surface area contributed by atoms with Gasteiger partial charge in [-0.2, -0.15) is 0 Å². The third-order valence-electron chi connectivity index (χ3n) is 4.18. The number of nitrogen functional groups attached to an aromatic ring is 1. The Morgan fingerprint density at radius 3 is 2.71 bits per heavy atom. The summed E-state index contributed by atoms with van der Waals surface area (Å²) in [7, 11) is 0. The molecule has 0 saturated carbocycles. The third-order valence-corrected chi connectivity index (χ3v) is 4.73. The number of halogens is 2. The number of morpholine rings is 1. The fourth-order valence-electron chi connectivity index (χ4n) is 2.65. The van der Waals surface area contributed by atoms with E-state index in [1.54, 1.807) is 6.07 Å². The van der Waals surface area contributed by atoms with E-state index < -0.39 is 5.91 Å². The maximum absolute atomic E-state index is 12.3. The minimum absolute atomic E-state index is 0.243. The molecule has 150 valence electrons. The number of anilines is 3. The van der Waals surface area contributed by atoms with Crippen LogP contribution in [-0.2, 0) is 4.74 Å². The molecule has 0 radical (unpaired) electrons. The van der Waals surface area contributed by atoms with Crippen molar-refractivity contribution in [1.29, 1.82) is 0 Å². The van der Waals surface area contributed by atoms with Crippen molar-refractivity contribution in [2.45, 2.75) is 0 Å². The molecule has 1 aromatic carbocycles. The van der Waals surface area contributed by atoms with Gasteiger partial charge in [-0.1, -0.05) is 23.2 Å². The number of hydrogen-bond donors (Lipinski definition) is 4. The number of nitrogens with two attached hydrogens (primary N) is 1. The van der Waals surface area contributed by atoms with Gasteiger partial charge in [-0.25, -0.2) is 9.97 Å². The van der Waals surface area contributed by atoms with E-state index in [2.05, 4.69) is 31.0 Å². The average molecular weight is 426 g/mol. The van der Waals surface area contributed by atoms with Crippen LogP contribution in [0.15, 0.2) is 24.5 Å². The molecule has 28 heavy (non-hydrogen) atoms. The highest BCUT2D eigenvalue weighted by molar-refractivity contribution is 6.36. The molecule has 1 saturated heterocycles. The summed E-state index contributed by atoms with van der Waals surface area (Å²) in [6.07, 6.45) is 1.36. The highest BCUT2D eigenvalue weighted by atomic mass is 35.5. The Labute approximate surface area is 172 Å². The van der Waals surface area contributed by atoms with Gasteiger partial charge in [0.05, 0.1) is 23.8 Å². The van der Waals surface area contributed by atoms with Crippen molar-refractivity contribution in [2.24, 2.45) is 0 Å². The van der Waals surface area contributed by atoms with Crippen molar-refractivity contribution in [3.05, 3.63) is 40.1 Å². The summed E-state index contributed by atoms with van der Waals surface area (Å²) in [4.78, 5) is 22.8. The van der Waals surface area contributed by atoms with E-state index in [9.17, 15) is 4.79 Å². The first kappa shape index (κ1) is 20.4. The van der Waals surface area contributed by atoms with E-state index in [1.807, 2.05) is 0 Å². The zero-order chi connectivity index (χ0) is 19.9. The van der Waals surface area contributed by atoms with E-state index in [4.69, 9.17) is 33.7 Å². The van der Waals surface area contributed by atoms with Gasteiger partial charge in [0.25, 0.3) is 5.91 Å². The first-order valence-corrected chi connectivity index (χ1v) is 9.46. The van der Waals surface area contributed by atoms with E-state index in [0.717, 1.165) is 32.8 Å². The minimum atomic E-state index is -0.443. The SMILES string of the molecule is Nc1c(NCCN2CCOCC2)ncnc1NNC(=O)c1ccc(Cl)cc1Cl. The first-order chi connectivity index (χ1) is 13.5. The number of amides is 1. The molecule has 9 nitrogen and oxygen atoms in total. The van der Waals surface area contributed by atoms with Gasteiger partial charge in [0.15, 0.2) is 11.6 Å². The molecule has 1 aromatic heterocycles. The van der Waals surface area contributed by atoms with Gasteiger partial charge in [-0.3, -0.25) is 20.5 Å². The average Bonchev–Trinajstić information content (AvgIpc) is 2.69. The van der Waals surface area contributed by atoms with Crippen LogP contribution < -0.4 is 21.9 Å². The molecule has 1 aliphatic rings. The van der Waals surface area contributed by atoms with Crippen molar-refractivity contribution >= 4 is 46.4 Å². The van der Waals surface area contributed by atoms with Crippen LogP contribution >= 0.6 is 23.2 Å². The van der Waals surface area contributed by atoms with Crippen LogP contribution in [0.2, 0.25) is 10.0 Å². The smallest absolute Gasteiger partial charge is 0.271 e. The van der Waals surface area contributed by atoms with Gasteiger partial charge < -0.3 is 15.8 Å². The molecular weight excluding hydrogens is 405 g/mol. The minimum Gasteiger partial charge on any atom is -0.393 e. The number of nitrogens with one attached hydrogen (secondary N) is 3. The van der Waals surface area contributed by atoms with Gasteiger partial charge in [-0.15, -0.1) is 0 Å². The van der Waals surface area contributed by atoms with Gasteiger partial charge in [0, 0.05) is 31.2 Å². The van der Waals surface area contributed by atoms with E-state index in [1.165, 1.54) is 18.5 Å². The fourth-order valence-corrected chi connectivity index (χ4v) is 3.14. The fraction of sp³-hybridized carbons (Fsp3) is 0.353. The van der Waals surface area contributed by atoms with Crippen LogP contribution in [0.1, 0.15) is 10.4 Å². The Hall–Kier alpha value is -2.33. The second kappa shape index (κ2) is 9.74. The molecule has 3 rings (SSSR count). The Kier molecular flexibility index (Phi) is 7.10. The molecule has 2 heterocycles. The zero-order valence-corrected chi connectivity index (χ0v) is 16.6. The van der Waals surface area contributed by atoms with Crippen molar-refractivity contribution in [1.82, 2.24) is 20.3 Å². The molecule has 1 amide bonds. The molecule has 0 atom stereocenters. The Morgan fingerprint density at radius 2 is 1.96 bits per heavy atom. The van der Waals surface area contributed by atoms with Crippen molar-refractivity contribution in [2.75, 3.05) is 55.9 Å². The topological polar surface area (TPSA) is 117 Å². The first-order valence-electron chi connectivity index (χ1n) is 8.70. The van der Waals surface area contributed by atoms with E-state index in [0.29, 0.717) is 23.1 Å². The number of hydrazine groups is 1. The maximum atomic E-state index is 12.3. The molecule has 0 spiro atoms. The molecule has 11 heteroatoms. The summed E-state index contributed by atoms with van der Waals surface area (Å²) in [6.45, 7) is 4.84. The highest BCUT2D eigenvalue weighted by Gasteiger charge is 2.14. The third kappa shape index (κ3) is 5.35. The van der Waals surface area contributed by atoms with Crippen molar-refractivity contribution in [3.8, 4) is 0 Å². The van der Waals surface area contributed by atoms with Crippen LogP contribution in [-0.4, -0.2) is 60.2 Å². The predicted molar refractivity (Wildman–Crippen MR) is 110 cm³/mol. The van der Waals surface area contributed by atoms with Crippen molar-refractivity contribution < 1.29 is 9.53 Å². The molecular formula is C17H21Cl2N7O2. The second-order valence-electron chi connectivity index (χ2n) is 6.07. The van der Waals surface area contributed by atoms with Crippen molar-refractivity contribution in [3.63, 3.8) is 0 Å². The lowest BCUT2D eigenvalue weighted by molar-refractivity contribution is 0.0398. The van der Waals surface area contributed by atoms with Crippen LogP contribution in [0.5, 0.6) is 0 Å². The van der Waals surface area contributed by atoms with Crippen LogP contribution in [0.3, 0.4) is 0 Å². The molecule has 0 unspecified atom stereocenters. The number of carbonyl (C=O) groups is 1. The summed E-state index contributed by atoms with van der Waals surface area (Å²) >= 11 is 11.9. The lowest BCUT2D eigenvalue weighted by Gasteiger charge is -2.26. The van der Waals surface area contributed by atoms with E-state index in [-0.39, 0.29) is 16.4 Å². The Balaban J connectivity index is 1.55. The molecule has 0 aliphatic carbocycles. The van der Waals surface area contributed by atoms with Gasteiger partial charge in [0.1, 0.15) is 12.0 Å². The summed E-state index contributed by atoms with van der Waals surface area (Å²) < 4.78 is 5.33. The summed E-state index contributed by atoms with van der Waals surface area (Å²) in [5.74, 6) is 0.327. The summed E-state index contributed by atoms with van der Waals surface area (Å²) in [5, 5.41) is 3.88. The van der Waals surface area contributed by atoms with Gasteiger partial charge in [0.2, 0.25) is 0 Å². The number of nitrogens with zero attached hydrogens (tertiary/aromatic N) is 3. The second-order valence-corrected chi connectivity index (χ2v) is 6.91. The summed E-state index contributed by atoms with van der Waals surface area (Å²) in [6, 6.07) is 4.61. The molecule has 2 aromatic rings. The lowest BCUT2D eigenvalue weighted by Crippen LogP contribution is -2.39. The number of carbonyl (C=O) groups excluding carboxylic acids is 1. The van der Waals surface area contributed by atoms with Crippen LogP contribution in [0.25, 0.3) is 0 Å². The number of rotatable bonds is 7. The number of benzene rings is 1. The maximum Gasteiger partial charge on any atom is 0.271 e. The molecule has 1 fully saturated rings. The van der Waals surface area contributed by atoms with Crippen LogP contribution in [0.4, 0.5) is 17.3 Å². The standard InChI is InChI=1S/C17H21Cl2N7O2/c18-11-1-2-12(13(19)9-11)17(27)25-24-16-14(20)15(22-10-23-16)21-3-4-26-5-7-28-8-6-26/h1-2,9-10H,3-8,20H2,(H,25,27)(H2,21,22,23,24). The van der Waals surface area contributed by atoms with Crippen LogP contribution in [0, 0.1) is 0 Å². The monoisotopic (exact) mass is 425 g/mol. The lowest BCUT2D eigenvalue weighted by atomic mass is 10.2. The number of hydrogen-bond acceptors (Lipinski definition) is 8. The van der Waals surface area contributed by atoms with E-state index >= 15 is 0 Å². The molecule has 0 bridgehead atoms. The number of ether oxygens (including phenoxy) is 1. The largest absolute Gasteiger partial charge is 0.393 e. The normalized spacial score (nSPS) is 14.5. The quantitative estimate of drug-likeness (QED) is 0.496. The Bertz CT molecular complexity index is 831. The number of aromatic nitrogens is 2. The zero-order valence-electron chi connectivity index (χ0n) is 15.0. The molecule has 5 N–H and O–H groups in total. The highest BCUT2D eigenvalue weighted by Crippen LogP contribution is 2.23. The Morgan fingerprint density at radius 1 is 1.21 bits per heavy atom. The summed E-state index contributed by atoms with van der Waals surface area (Å²) in [5.41, 5.74) is 11.9. The van der Waals surface area contributed by atoms with Gasteiger partial charge in [-0.05, 0) is 18.2 Å². The molecule has 1 aliphatic heterocycles.